The Kier molecular flexibility index (Phi) is 5.80. The minimum Gasteiger partial charge on any atom is -0.393 e. The summed E-state index contributed by atoms with van der Waals surface area (Å²) in [6.45, 7) is 11.3. The topological polar surface area (TPSA) is 77.8 Å². The molecule has 0 bridgehead atoms. The molecule has 176 valence electrons. The lowest BCUT2D eigenvalue weighted by atomic mass is 9.43. The fourth-order valence-electron chi connectivity index (χ4n) is 8.33. The average Bonchev–Trinajstić information content (AvgIpc) is 3.03. The van der Waals surface area contributed by atoms with E-state index in [2.05, 4.69) is 27.7 Å². The first-order chi connectivity index (χ1) is 14.4. The number of carbonyl (C=O) groups excluding carboxylic acids is 1. The zero-order chi connectivity index (χ0) is 22.8. The van der Waals surface area contributed by atoms with E-state index >= 15 is 0 Å². The number of aliphatic hydroxyl groups is 3. The Hall–Kier alpha value is -0.710. The van der Waals surface area contributed by atoms with E-state index in [0.29, 0.717) is 31.1 Å². The van der Waals surface area contributed by atoms with Crippen molar-refractivity contribution >= 4 is 5.78 Å². The number of aliphatic hydroxyl groups excluding tert-OH is 1. The van der Waals surface area contributed by atoms with Gasteiger partial charge in [-0.3, -0.25) is 4.79 Å². The van der Waals surface area contributed by atoms with Crippen LogP contribution >= 0.6 is 0 Å². The van der Waals surface area contributed by atoms with Crippen LogP contribution in [0.2, 0.25) is 0 Å². The molecule has 0 radical (unpaired) electrons. The number of hydrogen-bond acceptors (Lipinski definition) is 4. The summed E-state index contributed by atoms with van der Waals surface area (Å²) < 4.78 is 0. The Labute approximate surface area is 188 Å². The van der Waals surface area contributed by atoms with Crippen LogP contribution in [-0.2, 0) is 4.79 Å². The largest absolute Gasteiger partial charge is 0.393 e. The fraction of sp³-hybridized carbons (Fsp3) is 0.889. The average molecular weight is 433 g/mol. The van der Waals surface area contributed by atoms with Crippen LogP contribution in [0.3, 0.4) is 0 Å². The Morgan fingerprint density at radius 2 is 1.71 bits per heavy atom. The van der Waals surface area contributed by atoms with Crippen LogP contribution in [0.1, 0.15) is 98.8 Å². The van der Waals surface area contributed by atoms with Crippen molar-refractivity contribution in [1.82, 2.24) is 0 Å². The summed E-state index contributed by atoms with van der Waals surface area (Å²) in [5.74, 6) is 1.92. The van der Waals surface area contributed by atoms with Crippen molar-refractivity contribution in [1.29, 1.82) is 0 Å². The van der Waals surface area contributed by atoms with Crippen LogP contribution in [0.25, 0.3) is 0 Å². The van der Waals surface area contributed by atoms with Crippen molar-refractivity contribution in [2.24, 2.45) is 34.5 Å². The van der Waals surface area contributed by atoms with Gasteiger partial charge in [-0.05, 0) is 79.3 Å². The first kappa shape index (κ1) is 23.4. The van der Waals surface area contributed by atoms with Crippen molar-refractivity contribution in [3.05, 3.63) is 11.6 Å². The molecule has 3 saturated carbocycles. The molecule has 0 aliphatic heterocycles. The van der Waals surface area contributed by atoms with Crippen LogP contribution in [0.5, 0.6) is 0 Å². The van der Waals surface area contributed by atoms with E-state index in [4.69, 9.17) is 0 Å². The summed E-state index contributed by atoms with van der Waals surface area (Å²) in [6, 6.07) is 0. The third-order valence-electron chi connectivity index (χ3n) is 10.4. The monoisotopic (exact) mass is 432 g/mol. The highest BCUT2D eigenvalue weighted by atomic mass is 16.3. The maximum Gasteiger partial charge on any atom is 0.188 e. The van der Waals surface area contributed by atoms with Gasteiger partial charge in [-0.15, -0.1) is 0 Å². The standard InChI is InChI=1S/C27H44O4/c1-17(2)7-6-8-18(3)20-9-10-21-22-15-23(29)27(31)16-19(28)11-12-25(27,5)26(22,30)14-13-24(20,21)4/h15,17-21,28,30-31H,6-14,16H2,1-5H3/t18-,19?,20-,21+,24-,25-,26-,27?/m1/s1. The molecule has 4 rings (SSSR count). The molecule has 4 heteroatoms. The second-order valence-electron chi connectivity index (χ2n) is 12.5. The van der Waals surface area contributed by atoms with Gasteiger partial charge in [0, 0.05) is 11.8 Å². The van der Waals surface area contributed by atoms with Gasteiger partial charge >= 0.3 is 0 Å². The smallest absolute Gasteiger partial charge is 0.188 e. The summed E-state index contributed by atoms with van der Waals surface area (Å²) in [5, 5.41) is 33.8. The highest BCUT2D eigenvalue weighted by molar-refractivity contribution is 6.00. The predicted octanol–water partition coefficient (Wildman–Crippen LogP) is 4.80. The van der Waals surface area contributed by atoms with Crippen molar-refractivity contribution < 1.29 is 20.1 Å². The van der Waals surface area contributed by atoms with Crippen LogP contribution in [0.4, 0.5) is 0 Å². The highest BCUT2D eigenvalue weighted by Crippen LogP contribution is 2.68. The number of ketones is 1. The molecular formula is C27H44O4. The van der Waals surface area contributed by atoms with Crippen LogP contribution in [-0.4, -0.2) is 38.4 Å². The van der Waals surface area contributed by atoms with E-state index in [1.54, 1.807) is 6.08 Å². The fourth-order valence-corrected chi connectivity index (χ4v) is 8.33. The van der Waals surface area contributed by atoms with Gasteiger partial charge in [-0.1, -0.05) is 53.9 Å². The molecule has 8 atom stereocenters. The lowest BCUT2D eigenvalue weighted by molar-refractivity contribution is -0.223. The third kappa shape index (κ3) is 3.22. The van der Waals surface area contributed by atoms with Gasteiger partial charge in [0.2, 0.25) is 0 Å². The number of rotatable bonds is 5. The highest BCUT2D eigenvalue weighted by Gasteiger charge is 2.71. The Bertz CT molecular complexity index is 758. The molecule has 0 aromatic heterocycles. The second kappa shape index (κ2) is 7.67. The molecule has 4 aliphatic carbocycles. The first-order valence-corrected chi connectivity index (χ1v) is 12.8. The molecule has 0 aromatic rings. The lowest BCUT2D eigenvalue weighted by Crippen LogP contribution is -2.71. The SMILES string of the molecule is CC(C)CCC[C@@H](C)[C@H]1CC[C@H]2C3=CC(=O)C4(O)CC(O)CC[C@]4(C)[C@@]3(O)CC[C@]12C. The molecular weight excluding hydrogens is 388 g/mol. The van der Waals surface area contributed by atoms with Gasteiger partial charge in [-0.2, -0.15) is 0 Å². The third-order valence-corrected chi connectivity index (χ3v) is 10.4. The van der Waals surface area contributed by atoms with Crippen LogP contribution in [0.15, 0.2) is 11.6 Å². The molecule has 31 heavy (non-hydrogen) atoms. The zero-order valence-corrected chi connectivity index (χ0v) is 20.3. The van der Waals surface area contributed by atoms with Crippen LogP contribution < -0.4 is 0 Å². The van der Waals surface area contributed by atoms with Gasteiger partial charge in [0.15, 0.2) is 5.78 Å². The molecule has 3 fully saturated rings. The summed E-state index contributed by atoms with van der Waals surface area (Å²) in [6.07, 6.45) is 9.48. The van der Waals surface area contributed by atoms with Crippen molar-refractivity contribution in [2.45, 2.75) is 116 Å². The minimum absolute atomic E-state index is 0.0336. The molecule has 0 spiro atoms. The molecule has 0 amide bonds. The molecule has 4 aliphatic rings. The number of fused-ring (bicyclic) bond motifs is 5. The van der Waals surface area contributed by atoms with E-state index in [0.717, 1.165) is 30.8 Å². The predicted molar refractivity (Wildman–Crippen MR) is 122 cm³/mol. The molecule has 0 saturated heterocycles. The molecule has 0 aromatic carbocycles. The Morgan fingerprint density at radius 3 is 2.39 bits per heavy atom. The van der Waals surface area contributed by atoms with Crippen molar-refractivity contribution in [2.75, 3.05) is 0 Å². The maximum atomic E-state index is 13.3. The summed E-state index contributed by atoms with van der Waals surface area (Å²) >= 11 is 0. The molecule has 2 unspecified atom stereocenters. The van der Waals surface area contributed by atoms with Crippen LogP contribution in [0, 0.1) is 34.5 Å². The molecule has 4 nitrogen and oxygen atoms in total. The summed E-state index contributed by atoms with van der Waals surface area (Å²) in [4.78, 5) is 13.3. The van der Waals surface area contributed by atoms with Gasteiger partial charge in [-0.25, -0.2) is 0 Å². The number of hydrogen-bond donors (Lipinski definition) is 3. The maximum absolute atomic E-state index is 13.3. The lowest BCUT2D eigenvalue weighted by Gasteiger charge is -2.63. The van der Waals surface area contributed by atoms with Gasteiger partial charge in [0.1, 0.15) is 5.60 Å². The van der Waals surface area contributed by atoms with Gasteiger partial charge in [0.25, 0.3) is 0 Å². The molecule has 0 heterocycles. The normalized spacial score (nSPS) is 48.1. The van der Waals surface area contributed by atoms with Crippen molar-refractivity contribution in [3.63, 3.8) is 0 Å². The second-order valence-corrected chi connectivity index (χ2v) is 12.5. The quantitative estimate of drug-likeness (QED) is 0.583. The molecule has 3 N–H and O–H groups in total. The van der Waals surface area contributed by atoms with Crippen molar-refractivity contribution in [3.8, 4) is 0 Å². The van der Waals surface area contributed by atoms with E-state index in [1.807, 2.05) is 6.92 Å². The summed E-state index contributed by atoms with van der Waals surface area (Å²) in [7, 11) is 0. The first-order valence-electron chi connectivity index (χ1n) is 12.8. The number of carbonyl (C=O) groups is 1. The Morgan fingerprint density at radius 1 is 1.00 bits per heavy atom. The van der Waals surface area contributed by atoms with E-state index in [-0.39, 0.29) is 23.5 Å². The van der Waals surface area contributed by atoms with E-state index < -0.39 is 22.7 Å². The minimum atomic E-state index is -1.67. The van der Waals surface area contributed by atoms with Gasteiger partial charge in [0.05, 0.1) is 11.7 Å². The zero-order valence-electron chi connectivity index (χ0n) is 20.3. The Balaban J connectivity index is 1.64. The van der Waals surface area contributed by atoms with Gasteiger partial charge < -0.3 is 15.3 Å². The summed E-state index contributed by atoms with van der Waals surface area (Å²) in [5.41, 5.74) is -2.75. The van der Waals surface area contributed by atoms with E-state index in [1.165, 1.54) is 19.3 Å². The van der Waals surface area contributed by atoms with E-state index in [9.17, 15) is 20.1 Å².